The van der Waals surface area contributed by atoms with Crippen molar-refractivity contribution in [2.75, 3.05) is 0 Å². The summed E-state index contributed by atoms with van der Waals surface area (Å²) in [5.74, 6) is 3.19. The molecule has 1 N–H and O–H groups in total. The molecular formula is C16H24OSi. The van der Waals surface area contributed by atoms with Crippen molar-refractivity contribution in [2.45, 2.75) is 51.4 Å². The van der Waals surface area contributed by atoms with Crippen molar-refractivity contribution in [1.82, 2.24) is 0 Å². The van der Waals surface area contributed by atoms with Crippen molar-refractivity contribution in [3.63, 3.8) is 0 Å². The third-order valence-corrected chi connectivity index (χ3v) is 8.31. The first-order valence-electron chi connectivity index (χ1n) is 6.47. The maximum absolute atomic E-state index is 10.0. The van der Waals surface area contributed by atoms with Crippen LogP contribution in [0.25, 0.3) is 0 Å². The van der Waals surface area contributed by atoms with Gasteiger partial charge >= 0.3 is 0 Å². The molecule has 1 aromatic carbocycles. The Balaban J connectivity index is 2.67. The number of aliphatic hydroxyl groups is 1. The Labute approximate surface area is 112 Å². The van der Waals surface area contributed by atoms with Gasteiger partial charge in [0, 0.05) is 6.42 Å². The fourth-order valence-electron chi connectivity index (χ4n) is 1.35. The molecule has 2 heteroatoms. The molecule has 0 aromatic heterocycles. The molecule has 0 saturated carbocycles. The second-order valence-electron chi connectivity index (χ2n) is 6.31. The molecule has 0 radical (unpaired) electrons. The number of hydrogen-bond acceptors (Lipinski definition) is 1. The highest BCUT2D eigenvalue weighted by molar-refractivity contribution is 6.87. The molecule has 1 unspecified atom stereocenters. The fraction of sp³-hybridized carbons (Fsp3) is 0.500. The van der Waals surface area contributed by atoms with E-state index in [1.54, 1.807) is 0 Å². The topological polar surface area (TPSA) is 20.2 Å². The third kappa shape index (κ3) is 4.01. The van der Waals surface area contributed by atoms with Gasteiger partial charge in [0.15, 0.2) is 0 Å². The molecule has 0 aliphatic heterocycles. The zero-order valence-electron chi connectivity index (χ0n) is 12.1. The maximum atomic E-state index is 10.0. The Bertz CT molecular complexity index is 432. The lowest BCUT2D eigenvalue weighted by Gasteiger charge is -2.31. The lowest BCUT2D eigenvalue weighted by atomic mass is 10.1. The summed E-state index contributed by atoms with van der Waals surface area (Å²) in [5.41, 5.74) is 4.37. The first-order chi connectivity index (χ1) is 8.24. The summed E-state index contributed by atoms with van der Waals surface area (Å²) in [7, 11) is -1.54. The van der Waals surface area contributed by atoms with Crippen molar-refractivity contribution in [2.24, 2.45) is 0 Å². The van der Waals surface area contributed by atoms with E-state index in [2.05, 4.69) is 45.3 Å². The van der Waals surface area contributed by atoms with Gasteiger partial charge in [-0.15, -0.1) is 11.5 Å². The standard InChI is InChI=1S/C16H24OSi/c1-16(2,3)18(4,5)13-9-12-15(17)14-10-7-6-8-11-14/h6-8,10-11,15,17H,12H2,1-5H3. The number of rotatable bonds is 2. The van der Waals surface area contributed by atoms with Gasteiger partial charge in [-0.05, 0) is 10.6 Å². The normalized spacial score (nSPS) is 13.7. The van der Waals surface area contributed by atoms with Crippen LogP contribution in [0.1, 0.15) is 38.9 Å². The summed E-state index contributed by atoms with van der Waals surface area (Å²) in [5, 5.41) is 10.3. The van der Waals surface area contributed by atoms with E-state index in [1.165, 1.54) is 0 Å². The first-order valence-corrected chi connectivity index (χ1v) is 9.47. The monoisotopic (exact) mass is 260 g/mol. The molecule has 0 aliphatic carbocycles. The van der Waals surface area contributed by atoms with Crippen LogP contribution in [0.4, 0.5) is 0 Å². The van der Waals surface area contributed by atoms with Gasteiger partial charge in [-0.25, -0.2) is 0 Å². The molecule has 0 heterocycles. The van der Waals surface area contributed by atoms with Crippen LogP contribution < -0.4 is 0 Å². The largest absolute Gasteiger partial charge is 0.387 e. The molecule has 98 valence electrons. The van der Waals surface area contributed by atoms with Crippen LogP contribution in [0.3, 0.4) is 0 Å². The molecule has 18 heavy (non-hydrogen) atoms. The van der Waals surface area contributed by atoms with Crippen LogP contribution in [-0.4, -0.2) is 13.2 Å². The van der Waals surface area contributed by atoms with Crippen LogP contribution in [0.15, 0.2) is 30.3 Å². The maximum Gasteiger partial charge on any atom is 0.137 e. The lowest BCUT2D eigenvalue weighted by Crippen LogP contribution is -2.35. The van der Waals surface area contributed by atoms with Crippen molar-refractivity contribution in [3.05, 3.63) is 35.9 Å². The van der Waals surface area contributed by atoms with Crippen molar-refractivity contribution in [3.8, 4) is 11.5 Å². The molecule has 1 rings (SSSR count). The van der Waals surface area contributed by atoms with Crippen LogP contribution in [0.2, 0.25) is 18.1 Å². The SMILES string of the molecule is CC(C)(C)[Si](C)(C)C#CCC(O)c1ccccc1. The second kappa shape index (κ2) is 5.73. The summed E-state index contributed by atoms with van der Waals surface area (Å²) in [6, 6.07) is 9.73. The molecule has 0 fully saturated rings. The summed E-state index contributed by atoms with van der Waals surface area (Å²) in [6.45, 7) is 11.3. The first kappa shape index (κ1) is 15.0. The third-order valence-electron chi connectivity index (χ3n) is 3.76. The van der Waals surface area contributed by atoms with E-state index in [0.717, 1.165) is 5.56 Å². The average Bonchev–Trinajstić information content (AvgIpc) is 2.28. The molecule has 1 nitrogen and oxygen atoms in total. The summed E-state index contributed by atoms with van der Waals surface area (Å²) < 4.78 is 0. The van der Waals surface area contributed by atoms with Crippen LogP contribution in [-0.2, 0) is 0 Å². The minimum absolute atomic E-state index is 0.275. The zero-order chi connectivity index (χ0) is 13.8. The van der Waals surface area contributed by atoms with Gasteiger partial charge in [0.1, 0.15) is 8.07 Å². The fourth-order valence-corrected chi connectivity index (χ4v) is 2.27. The van der Waals surface area contributed by atoms with Crippen molar-refractivity contribution >= 4 is 8.07 Å². The van der Waals surface area contributed by atoms with Crippen LogP contribution in [0.5, 0.6) is 0 Å². The smallest absolute Gasteiger partial charge is 0.137 e. The minimum Gasteiger partial charge on any atom is -0.387 e. The van der Waals surface area contributed by atoms with Gasteiger partial charge in [0.05, 0.1) is 6.10 Å². The number of hydrogen-bond donors (Lipinski definition) is 1. The summed E-state index contributed by atoms with van der Waals surface area (Å²) >= 11 is 0. The molecule has 0 saturated heterocycles. The van der Waals surface area contributed by atoms with E-state index in [-0.39, 0.29) is 5.04 Å². The van der Waals surface area contributed by atoms with E-state index in [0.29, 0.717) is 6.42 Å². The second-order valence-corrected chi connectivity index (χ2v) is 11.3. The van der Waals surface area contributed by atoms with Crippen molar-refractivity contribution in [1.29, 1.82) is 0 Å². The van der Waals surface area contributed by atoms with E-state index in [9.17, 15) is 5.11 Å². The Morgan fingerprint density at radius 2 is 1.72 bits per heavy atom. The van der Waals surface area contributed by atoms with Gasteiger partial charge < -0.3 is 5.11 Å². The Morgan fingerprint density at radius 1 is 1.17 bits per heavy atom. The molecule has 0 bridgehead atoms. The van der Waals surface area contributed by atoms with Gasteiger partial charge in [-0.2, -0.15) is 0 Å². The van der Waals surface area contributed by atoms with Gasteiger partial charge in [-0.1, -0.05) is 64.2 Å². The average molecular weight is 260 g/mol. The van der Waals surface area contributed by atoms with E-state index in [4.69, 9.17) is 0 Å². The summed E-state index contributed by atoms with van der Waals surface area (Å²) in [6.07, 6.45) is 0.0553. The zero-order valence-corrected chi connectivity index (χ0v) is 13.1. The van der Waals surface area contributed by atoms with E-state index < -0.39 is 14.2 Å². The van der Waals surface area contributed by atoms with Crippen LogP contribution in [0, 0.1) is 11.5 Å². The molecule has 0 amide bonds. The molecule has 0 spiro atoms. The summed E-state index contributed by atoms with van der Waals surface area (Å²) in [4.78, 5) is 0. The molecule has 1 aromatic rings. The van der Waals surface area contributed by atoms with Gasteiger partial charge in [0.2, 0.25) is 0 Å². The van der Waals surface area contributed by atoms with Gasteiger partial charge in [-0.3, -0.25) is 0 Å². The van der Waals surface area contributed by atoms with Crippen LogP contribution >= 0.6 is 0 Å². The quantitative estimate of drug-likeness (QED) is 0.625. The highest BCUT2D eigenvalue weighted by Crippen LogP contribution is 2.35. The van der Waals surface area contributed by atoms with Crippen molar-refractivity contribution < 1.29 is 5.11 Å². The Morgan fingerprint density at radius 3 is 2.22 bits per heavy atom. The number of aliphatic hydroxyl groups excluding tert-OH is 1. The molecule has 0 aliphatic rings. The highest BCUT2D eigenvalue weighted by Gasteiger charge is 2.33. The molecular weight excluding hydrogens is 236 g/mol. The minimum atomic E-state index is -1.54. The number of benzene rings is 1. The Hall–Kier alpha value is -1.04. The molecule has 1 atom stereocenters. The Kier molecular flexibility index (Phi) is 4.78. The van der Waals surface area contributed by atoms with Gasteiger partial charge in [0.25, 0.3) is 0 Å². The van der Waals surface area contributed by atoms with E-state index >= 15 is 0 Å². The predicted octanol–water partition coefficient (Wildman–Crippen LogP) is 4.16. The predicted molar refractivity (Wildman–Crippen MR) is 81.0 cm³/mol. The van der Waals surface area contributed by atoms with E-state index in [1.807, 2.05) is 30.3 Å². The highest BCUT2D eigenvalue weighted by atomic mass is 28.3. The lowest BCUT2D eigenvalue weighted by molar-refractivity contribution is 0.184.